The van der Waals surface area contributed by atoms with Crippen molar-refractivity contribution < 1.29 is 13.9 Å². The van der Waals surface area contributed by atoms with Crippen LogP contribution in [0.4, 0.5) is 4.39 Å². The predicted octanol–water partition coefficient (Wildman–Crippen LogP) is 2.24. The summed E-state index contributed by atoms with van der Waals surface area (Å²) in [6.45, 7) is 2.52. The zero-order valence-corrected chi connectivity index (χ0v) is 9.99. The maximum Gasteiger partial charge on any atom is 0.306 e. The van der Waals surface area contributed by atoms with Crippen molar-refractivity contribution in [1.29, 1.82) is 0 Å². The van der Waals surface area contributed by atoms with Gasteiger partial charge in [-0.15, -0.1) is 0 Å². The molecule has 0 aliphatic carbocycles. The number of ether oxygens (including phenoxy) is 1. The molecule has 1 unspecified atom stereocenters. The van der Waals surface area contributed by atoms with E-state index >= 15 is 0 Å². The molecule has 0 amide bonds. The minimum atomic E-state index is -0.351. The van der Waals surface area contributed by atoms with Crippen LogP contribution in [-0.4, -0.2) is 12.5 Å². The molecule has 0 bridgehead atoms. The van der Waals surface area contributed by atoms with Gasteiger partial charge in [0.1, 0.15) is 12.4 Å². The third kappa shape index (κ3) is 4.95. The topological polar surface area (TPSA) is 52.3 Å². The molecule has 17 heavy (non-hydrogen) atoms. The summed E-state index contributed by atoms with van der Waals surface area (Å²) >= 11 is 0. The number of hydrogen-bond donors (Lipinski definition) is 1. The smallest absolute Gasteiger partial charge is 0.306 e. The lowest BCUT2D eigenvalue weighted by Crippen LogP contribution is -2.13. The highest BCUT2D eigenvalue weighted by Crippen LogP contribution is 2.09. The number of esters is 1. The van der Waals surface area contributed by atoms with E-state index < -0.39 is 0 Å². The third-order valence-corrected chi connectivity index (χ3v) is 2.59. The van der Waals surface area contributed by atoms with Crippen molar-refractivity contribution in [2.24, 2.45) is 11.7 Å². The van der Waals surface area contributed by atoms with Gasteiger partial charge in [0.05, 0.1) is 0 Å². The lowest BCUT2D eigenvalue weighted by Gasteiger charge is -2.08. The van der Waals surface area contributed by atoms with Gasteiger partial charge in [-0.1, -0.05) is 25.1 Å². The van der Waals surface area contributed by atoms with E-state index in [1.54, 1.807) is 18.2 Å². The van der Waals surface area contributed by atoms with Gasteiger partial charge >= 0.3 is 5.97 Å². The van der Waals surface area contributed by atoms with Gasteiger partial charge in [0.15, 0.2) is 0 Å². The molecule has 0 aliphatic heterocycles. The van der Waals surface area contributed by atoms with E-state index in [-0.39, 0.29) is 18.4 Å². The second kappa shape index (κ2) is 7.01. The van der Waals surface area contributed by atoms with E-state index in [2.05, 4.69) is 0 Å². The minimum Gasteiger partial charge on any atom is -0.461 e. The largest absolute Gasteiger partial charge is 0.461 e. The third-order valence-electron chi connectivity index (χ3n) is 2.59. The minimum absolute atomic E-state index is 0.0114. The fourth-order valence-corrected chi connectivity index (χ4v) is 1.33. The van der Waals surface area contributed by atoms with Crippen molar-refractivity contribution >= 4 is 5.97 Å². The Morgan fingerprint density at radius 2 is 2.18 bits per heavy atom. The molecule has 0 aliphatic rings. The highest BCUT2D eigenvalue weighted by molar-refractivity contribution is 5.69. The van der Waals surface area contributed by atoms with Crippen LogP contribution in [0.1, 0.15) is 25.3 Å². The highest BCUT2D eigenvalue weighted by Gasteiger charge is 2.08. The first kappa shape index (κ1) is 13.6. The Labute approximate surface area is 101 Å². The van der Waals surface area contributed by atoms with Gasteiger partial charge in [-0.2, -0.15) is 0 Å². The van der Waals surface area contributed by atoms with Crippen LogP contribution in [0.2, 0.25) is 0 Å². The fraction of sp³-hybridized carbons (Fsp3) is 0.462. The molecule has 0 fully saturated rings. The van der Waals surface area contributed by atoms with E-state index in [0.717, 1.165) is 0 Å². The van der Waals surface area contributed by atoms with Crippen molar-refractivity contribution in [3.8, 4) is 0 Å². The molecule has 0 aromatic heterocycles. The highest BCUT2D eigenvalue weighted by atomic mass is 19.1. The van der Waals surface area contributed by atoms with Gasteiger partial charge in [0.2, 0.25) is 0 Å². The van der Waals surface area contributed by atoms with E-state index in [4.69, 9.17) is 10.5 Å². The van der Waals surface area contributed by atoms with E-state index in [0.29, 0.717) is 30.9 Å². The lowest BCUT2D eigenvalue weighted by atomic mass is 10.1. The average molecular weight is 239 g/mol. The Morgan fingerprint density at radius 1 is 1.47 bits per heavy atom. The summed E-state index contributed by atoms with van der Waals surface area (Å²) in [5.41, 5.74) is 5.84. The van der Waals surface area contributed by atoms with Gasteiger partial charge in [-0.25, -0.2) is 4.39 Å². The van der Waals surface area contributed by atoms with Crippen LogP contribution in [-0.2, 0) is 16.1 Å². The van der Waals surface area contributed by atoms with E-state index in [9.17, 15) is 9.18 Å². The number of carbonyl (C=O) groups excluding carboxylic acids is 1. The Morgan fingerprint density at radius 3 is 2.82 bits per heavy atom. The summed E-state index contributed by atoms with van der Waals surface area (Å²) in [7, 11) is 0. The van der Waals surface area contributed by atoms with Crippen molar-refractivity contribution in [1.82, 2.24) is 0 Å². The van der Waals surface area contributed by atoms with Crippen molar-refractivity contribution in [2.75, 3.05) is 6.54 Å². The fourth-order valence-electron chi connectivity index (χ4n) is 1.33. The molecule has 1 aromatic carbocycles. The Hall–Kier alpha value is -1.42. The second-order valence-corrected chi connectivity index (χ2v) is 4.13. The Bertz CT molecular complexity index is 368. The maximum absolute atomic E-state index is 13.2. The Kier molecular flexibility index (Phi) is 5.63. The van der Waals surface area contributed by atoms with E-state index in [1.807, 2.05) is 6.92 Å². The zero-order chi connectivity index (χ0) is 12.7. The van der Waals surface area contributed by atoms with Crippen LogP contribution >= 0.6 is 0 Å². The molecular formula is C13H18FNO2. The molecule has 0 radical (unpaired) electrons. The van der Waals surface area contributed by atoms with Crippen molar-refractivity contribution in [2.45, 2.75) is 26.4 Å². The quantitative estimate of drug-likeness (QED) is 0.774. The van der Waals surface area contributed by atoms with Gasteiger partial charge < -0.3 is 10.5 Å². The molecule has 2 N–H and O–H groups in total. The number of hydrogen-bond acceptors (Lipinski definition) is 3. The lowest BCUT2D eigenvalue weighted by molar-refractivity contribution is -0.145. The number of nitrogens with two attached hydrogens (primary N) is 1. The van der Waals surface area contributed by atoms with Gasteiger partial charge in [-0.05, 0) is 24.9 Å². The maximum atomic E-state index is 13.2. The summed E-state index contributed by atoms with van der Waals surface area (Å²) in [6.07, 6.45) is 1.03. The molecule has 4 heteroatoms. The standard InChI is InChI=1S/C13H18FNO2/c1-10(8-15)6-7-13(16)17-9-11-4-2-3-5-12(11)14/h2-5,10H,6-9,15H2,1H3. The first-order chi connectivity index (χ1) is 8.13. The molecule has 1 rings (SSSR count). The second-order valence-electron chi connectivity index (χ2n) is 4.13. The molecule has 94 valence electrons. The zero-order valence-electron chi connectivity index (χ0n) is 9.99. The molecule has 0 spiro atoms. The first-order valence-electron chi connectivity index (χ1n) is 5.72. The van der Waals surface area contributed by atoms with Crippen LogP contribution < -0.4 is 5.73 Å². The van der Waals surface area contributed by atoms with Crippen molar-refractivity contribution in [3.05, 3.63) is 35.6 Å². The predicted molar refractivity (Wildman–Crippen MR) is 63.6 cm³/mol. The van der Waals surface area contributed by atoms with Crippen molar-refractivity contribution in [3.63, 3.8) is 0 Å². The average Bonchev–Trinajstić information content (AvgIpc) is 2.35. The summed E-state index contributed by atoms with van der Waals surface area (Å²) in [4.78, 5) is 11.4. The molecular weight excluding hydrogens is 221 g/mol. The normalized spacial score (nSPS) is 12.2. The van der Waals surface area contributed by atoms with E-state index in [1.165, 1.54) is 6.07 Å². The number of halogens is 1. The van der Waals surface area contributed by atoms with Crippen LogP contribution in [0.15, 0.2) is 24.3 Å². The molecule has 0 saturated carbocycles. The van der Waals surface area contributed by atoms with Crippen LogP contribution in [0.5, 0.6) is 0 Å². The summed E-state index contributed by atoms with van der Waals surface area (Å²) in [5, 5.41) is 0. The van der Waals surface area contributed by atoms with Gasteiger partial charge in [0, 0.05) is 12.0 Å². The molecule has 0 heterocycles. The number of carbonyl (C=O) groups is 1. The number of benzene rings is 1. The van der Waals surface area contributed by atoms with Crippen LogP contribution in [0.25, 0.3) is 0 Å². The molecule has 3 nitrogen and oxygen atoms in total. The SMILES string of the molecule is CC(CN)CCC(=O)OCc1ccccc1F. The van der Waals surface area contributed by atoms with Gasteiger partial charge in [0.25, 0.3) is 0 Å². The van der Waals surface area contributed by atoms with Crippen LogP contribution in [0.3, 0.4) is 0 Å². The summed E-state index contributed by atoms with van der Waals surface area (Å²) in [6, 6.07) is 6.26. The Balaban J connectivity index is 2.31. The summed E-state index contributed by atoms with van der Waals surface area (Å²) < 4.78 is 18.2. The molecule has 0 saturated heterocycles. The molecule has 1 atom stereocenters. The monoisotopic (exact) mass is 239 g/mol. The number of rotatable bonds is 6. The molecule has 1 aromatic rings. The van der Waals surface area contributed by atoms with Crippen LogP contribution in [0, 0.1) is 11.7 Å². The summed E-state index contributed by atoms with van der Waals surface area (Å²) in [5.74, 6) is -0.361. The van der Waals surface area contributed by atoms with Gasteiger partial charge in [-0.3, -0.25) is 4.79 Å². The first-order valence-corrected chi connectivity index (χ1v) is 5.72.